The van der Waals surface area contributed by atoms with Crippen LogP contribution in [0.3, 0.4) is 0 Å². The first-order valence-electron chi connectivity index (χ1n) is 5.52. The van der Waals surface area contributed by atoms with Gasteiger partial charge in [-0.2, -0.15) is 0 Å². The van der Waals surface area contributed by atoms with Gasteiger partial charge in [-0.1, -0.05) is 45.6 Å². The summed E-state index contributed by atoms with van der Waals surface area (Å²) >= 11 is 0. The second-order valence-electron chi connectivity index (χ2n) is 4.13. The highest BCUT2D eigenvalue weighted by molar-refractivity contribution is 5.79. The highest BCUT2D eigenvalue weighted by Crippen LogP contribution is 2.10. The monoisotopic (exact) mass is 198 g/mol. The van der Waals surface area contributed by atoms with Crippen LogP contribution in [-0.2, 0) is 4.79 Å². The van der Waals surface area contributed by atoms with Crippen LogP contribution in [0.4, 0.5) is 0 Å². The smallest absolute Gasteiger partial charge is 0.327 e. The molecule has 0 aliphatic carbocycles. The third-order valence-corrected chi connectivity index (χ3v) is 2.16. The van der Waals surface area contributed by atoms with Gasteiger partial charge in [0.25, 0.3) is 0 Å². The van der Waals surface area contributed by atoms with Crippen LogP contribution in [0.25, 0.3) is 0 Å². The van der Waals surface area contributed by atoms with Gasteiger partial charge in [-0.25, -0.2) is 4.79 Å². The second-order valence-corrected chi connectivity index (χ2v) is 4.13. The van der Waals surface area contributed by atoms with Crippen molar-refractivity contribution in [2.45, 2.75) is 52.4 Å². The molecule has 0 aliphatic heterocycles. The van der Waals surface area contributed by atoms with Crippen LogP contribution >= 0.6 is 0 Å². The average Bonchev–Trinajstić information content (AvgIpc) is 2.08. The normalized spacial score (nSPS) is 11.4. The minimum Gasteiger partial charge on any atom is -0.478 e. The highest BCUT2D eigenvalue weighted by atomic mass is 16.4. The zero-order valence-electron chi connectivity index (χ0n) is 9.33. The van der Waals surface area contributed by atoms with Crippen molar-refractivity contribution in [2.75, 3.05) is 0 Å². The molecule has 0 fully saturated rings. The third kappa shape index (κ3) is 11.2. The Balaban J connectivity index is 3.10. The minimum absolute atomic E-state index is 0.807. The summed E-state index contributed by atoms with van der Waals surface area (Å²) in [5.74, 6) is -0.0354. The highest BCUT2D eigenvalue weighted by Gasteiger charge is 1.93. The molecule has 82 valence electrons. The van der Waals surface area contributed by atoms with E-state index < -0.39 is 5.97 Å². The lowest BCUT2D eigenvalue weighted by Gasteiger charge is -2.02. The van der Waals surface area contributed by atoms with Crippen LogP contribution in [0.5, 0.6) is 0 Å². The quantitative estimate of drug-likeness (QED) is 0.477. The Morgan fingerprint density at radius 1 is 1.21 bits per heavy atom. The number of allylic oxidation sites excluding steroid dienone is 1. The summed E-state index contributed by atoms with van der Waals surface area (Å²) in [5.41, 5.74) is 0. The molecule has 0 radical (unpaired) electrons. The van der Waals surface area contributed by atoms with Crippen LogP contribution < -0.4 is 0 Å². The summed E-state index contributed by atoms with van der Waals surface area (Å²) in [7, 11) is 0. The molecule has 2 heteroatoms. The van der Waals surface area contributed by atoms with E-state index in [0.29, 0.717) is 0 Å². The van der Waals surface area contributed by atoms with E-state index in [4.69, 9.17) is 5.11 Å². The molecular weight excluding hydrogens is 176 g/mol. The first kappa shape index (κ1) is 13.2. The molecule has 2 nitrogen and oxygen atoms in total. The number of hydrogen-bond donors (Lipinski definition) is 1. The number of aliphatic carboxylic acids is 1. The fourth-order valence-corrected chi connectivity index (χ4v) is 1.35. The lowest BCUT2D eigenvalue weighted by molar-refractivity contribution is -0.131. The van der Waals surface area contributed by atoms with Crippen molar-refractivity contribution in [2.24, 2.45) is 5.92 Å². The van der Waals surface area contributed by atoms with Crippen molar-refractivity contribution in [3.63, 3.8) is 0 Å². The third-order valence-electron chi connectivity index (χ3n) is 2.16. The first-order valence-corrected chi connectivity index (χ1v) is 5.52. The Bertz CT molecular complexity index is 171. The fraction of sp³-hybridized carbons (Fsp3) is 0.750. The molecule has 0 unspecified atom stereocenters. The van der Waals surface area contributed by atoms with Gasteiger partial charge in [0.15, 0.2) is 0 Å². The molecule has 14 heavy (non-hydrogen) atoms. The van der Waals surface area contributed by atoms with Crippen LogP contribution in [0.2, 0.25) is 0 Å². The van der Waals surface area contributed by atoms with Gasteiger partial charge < -0.3 is 5.11 Å². The Labute approximate surface area is 87.0 Å². The van der Waals surface area contributed by atoms with E-state index in [9.17, 15) is 4.79 Å². The summed E-state index contributed by atoms with van der Waals surface area (Å²) in [5, 5.41) is 8.33. The van der Waals surface area contributed by atoms with Crippen molar-refractivity contribution in [3.05, 3.63) is 12.2 Å². The topological polar surface area (TPSA) is 37.3 Å². The summed E-state index contributed by atoms with van der Waals surface area (Å²) < 4.78 is 0. The SMILES string of the molecule is CC(C)CCCCCC/C=C/C(=O)O. The van der Waals surface area contributed by atoms with Crippen LogP contribution in [0.15, 0.2) is 12.2 Å². The van der Waals surface area contributed by atoms with Gasteiger partial charge in [-0.3, -0.25) is 0 Å². The van der Waals surface area contributed by atoms with E-state index in [0.717, 1.165) is 18.8 Å². The number of hydrogen-bond acceptors (Lipinski definition) is 1. The molecule has 0 heterocycles. The number of carbonyl (C=O) groups is 1. The van der Waals surface area contributed by atoms with Gasteiger partial charge in [0.05, 0.1) is 0 Å². The predicted molar refractivity (Wildman–Crippen MR) is 59.3 cm³/mol. The van der Waals surface area contributed by atoms with E-state index in [2.05, 4.69) is 13.8 Å². The Morgan fingerprint density at radius 2 is 1.86 bits per heavy atom. The Morgan fingerprint density at radius 3 is 2.43 bits per heavy atom. The Hall–Kier alpha value is -0.790. The van der Waals surface area contributed by atoms with Crippen LogP contribution in [0.1, 0.15) is 52.4 Å². The largest absolute Gasteiger partial charge is 0.478 e. The van der Waals surface area contributed by atoms with Gasteiger partial charge in [0.2, 0.25) is 0 Å². The molecule has 0 amide bonds. The Kier molecular flexibility index (Phi) is 8.30. The molecule has 0 saturated heterocycles. The van der Waals surface area contributed by atoms with Crippen LogP contribution in [0, 0.1) is 5.92 Å². The molecule has 0 spiro atoms. The number of carboxylic acid groups (broad SMARTS) is 1. The zero-order chi connectivity index (χ0) is 10.8. The maximum Gasteiger partial charge on any atom is 0.327 e. The fourth-order valence-electron chi connectivity index (χ4n) is 1.35. The predicted octanol–water partition coefficient (Wildman–Crippen LogP) is 3.62. The maximum atomic E-state index is 10.1. The number of rotatable bonds is 8. The summed E-state index contributed by atoms with van der Waals surface area (Å²) in [6.07, 6.45) is 10.1. The van der Waals surface area contributed by atoms with Crippen molar-refractivity contribution < 1.29 is 9.90 Å². The van der Waals surface area contributed by atoms with Gasteiger partial charge in [0, 0.05) is 6.08 Å². The minimum atomic E-state index is -0.843. The van der Waals surface area contributed by atoms with Gasteiger partial charge in [-0.05, 0) is 18.8 Å². The summed E-state index contributed by atoms with van der Waals surface area (Å²) in [6.45, 7) is 4.49. The molecule has 0 aliphatic rings. The lowest BCUT2D eigenvalue weighted by Crippen LogP contribution is -1.87. The number of unbranched alkanes of at least 4 members (excludes halogenated alkanes) is 4. The van der Waals surface area contributed by atoms with Crippen molar-refractivity contribution in [1.82, 2.24) is 0 Å². The molecule has 1 N–H and O–H groups in total. The van der Waals surface area contributed by atoms with Crippen molar-refractivity contribution in [3.8, 4) is 0 Å². The van der Waals surface area contributed by atoms with E-state index >= 15 is 0 Å². The van der Waals surface area contributed by atoms with Crippen LogP contribution in [-0.4, -0.2) is 11.1 Å². The van der Waals surface area contributed by atoms with E-state index in [1.807, 2.05) is 0 Å². The van der Waals surface area contributed by atoms with Gasteiger partial charge in [-0.15, -0.1) is 0 Å². The zero-order valence-corrected chi connectivity index (χ0v) is 9.33. The van der Waals surface area contributed by atoms with Gasteiger partial charge in [0.1, 0.15) is 0 Å². The lowest BCUT2D eigenvalue weighted by atomic mass is 10.0. The molecule has 0 aromatic rings. The second kappa shape index (κ2) is 8.79. The molecular formula is C12H22O2. The summed E-state index contributed by atoms with van der Waals surface area (Å²) in [4.78, 5) is 10.1. The standard InChI is InChI=1S/C12H22O2/c1-11(2)9-7-5-3-4-6-8-10-12(13)14/h8,10-11H,3-7,9H2,1-2H3,(H,13,14)/b10-8+. The van der Waals surface area contributed by atoms with Crippen molar-refractivity contribution in [1.29, 1.82) is 0 Å². The number of carboxylic acids is 1. The van der Waals surface area contributed by atoms with Crippen molar-refractivity contribution >= 4 is 5.97 Å². The van der Waals surface area contributed by atoms with Gasteiger partial charge >= 0.3 is 5.97 Å². The molecule has 0 atom stereocenters. The molecule has 0 rings (SSSR count). The molecule has 0 bridgehead atoms. The van der Waals surface area contributed by atoms with E-state index in [1.54, 1.807) is 6.08 Å². The maximum absolute atomic E-state index is 10.1. The molecule has 0 saturated carbocycles. The van der Waals surface area contributed by atoms with E-state index in [-0.39, 0.29) is 0 Å². The molecule has 0 aromatic carbocycles. The molecule has 0 aromatic heterocycles. The summed E-state index contributed by atoms with van der Waals surface area (Å²) in [6, 6.07) is 0. The first-order chi connectivity index (χ1) is 6.63. The average molecular weight is 198 g/mol. The van der Waals surface area contributed by atoms with E-state index in [1.165, 1.54) is 31.8 Å².